The molecule has 0 aromatic heterocycles. The van der Waals surface area contributed by atoms with Crippen LogP contribution >= 0.6 is 0 Å². The predicted molar refractivity (Wildman–Crippen MR) is 118 cm³/mol. The maximum atomic E-state index is 13.0. The molecule has 1 atom stereocenters. The summed E-state index contributed by atoms with van der Waals surface area (Å²) in [6.45, 7) is 6.67. The van der Waals surface area contributed by atoms with Crippen LogP contribution in [0.15, 0.2) is 54.1 Å². The first-order chi connectivity index (χ1) is 14.9. The van der Waals surface area contributed by atoms with Crippen LogP contribution in [0.3, 0.4) is 0 Å². The third-order valence-electron chi connectivity index (χ3n) is 4.72. The lowest BCUT2D eigenvalue weighted by Gasteiger charge is -2.29. The molecule has 0 saturated carbocycles. The smallest absolute Gasteiger partial charge is 0.338 e. The van der Waals surface area contributed by atoms with Gasteiger partial charge in [0.05, 0.1) is 37.6 Å². The monoisotopic (exact) mass is 424 g/mol. The first-order valence-corrected chi connectivity index (χ1v) is 10.3. The van der Waals surface area contributed by atoms with Gasteiger partial charge in [-0.05, 0) is 60.4 Å². The van der Waals surface area contributed by atoms with Gasteiger partial charge in [-0.2, -0.15) is 0 Å². The van der Waals surface area contributed by atoms with Gasteiger partial charge >= 0.3 is 12.0 Å². The van der Waals surface area contributed by atoms with E-state index >= 15 is 0 Å². The van der Waals surface area contributed by atoms with E-state index in [1.807, 2.05) is 24.3 Å². The zero-order chi connectivity index (χ0) is 22.4. The summed E-state index contributed by atoms with van der Waals surface area (Å²) in [5.74, 6) is 1.22. The van der Waals surface area contributed by atoms with Gasteiger partial charge in [-0.3, -0.25) is 0 Å². The van der Waals surface area contributed by atoms with Crippen molar-refractivity contribution in [3.05, 3.63) is 65.2 Å². The summed E-state index contributed by atoms with van der Waals surface area (Å²) in [6.07, 6.45) is 0. The van der Waals surface area contributed by atoms with E-state index in [9.17, 15) is 9.59 Å². The molecule has 0 spiro atoms. The molecule has 2 aromatic rings. The average molecular weight is 424 g/mol. The molecule has 2 amide bonds. The van der Waals surface area contributed by atoms with Crippen LogP contribution in [0.1, 0.15) is 37.9 Å². The zero-order valence-corrected chi connectivity index (χ0v) is 18.2. The van der Waals surface area contributed by atoms with Crippen LogP contribution in [0, 0.1) is 5.92 Å². The van der Waals surface area contributed by atoms with E-state index in [4.69, 9.17) is 14.2 Å². The minimum Gasteiger partial charge on any atom is -0.497 e. The largest absolute Gasteiger partial charge is 0.497 e. The highest BCUT2D eigenvalue weighted by Crippen LogP contribution is 2.33. The zero-order valence-electron chi connectivity index (χ0n) is 18.2. The number of carbonyl (C=O) groups is 2. The topological polar surface area (TPSA) is 85.9 Å². The molecule has 0 bridgehead atoms. The Hall–Kier alpha value is -3.48. The van der Waals surface area contributed by atoms with Crippen LogP contribution in [0.5, 0.6) is 11.5 Å². The number of hydrogen-bond acceptors (Lipinski definition) is 5. The Morgan fingerprint density at radius 3 is 2.48 bits per heavy atom. The molecule has 2 aromatic carbocycles. The van der Waals surface area contributed by atoms with Gasteiger partial charge in [0.2, 0.25) is 0 Å². The summed E-state index contributed by atoms with van der Waals surface area (Å²) in [6, 6.07) is 13.4. The van der Waals surface area contributed by atoms with Gasteiger partial charge in [-0.15, -0.1) is 0 Å². The molecule has 0 aliphatic carbocycles. The summed E-state index contributed by atoms with van der Waals surface area (Å²) < 4.78 is 16.4. The van der Waals surface area contributed by atoms with Gasteiger partial charge in [0.15, 0.2) is 0 Å². The summed E-state index contributed by atoms with van der Waals surface area (Å²) in [5, 5.41) is 5.62. The molecule has 0 saturated heterocycles. The normalized spacial score (nSPS) is 15.9. The SMILES string of the molecule is CCOC(=O)C1=C(c2ccc(OC)cc2)NC(=O)NC1c1cccc(OCC(C)C)c1. The fourth-order valence-electron chi connectivity index (χ4n) is 3.28. The number of methoxy groups -OCH3 is 1. The quantitative estimate of drug-likeness (QED) is 0.624. The fraction of sp³-hybridized carbons (Fsp3) is 0.333. The second kappa shape index (κ2) is 10.0. The molecule has 0 fully saturated rings. The third-order valence-corrected chi connectivity index (χ3v) is 4.72. The number of hydrogen-bond donors (Lipinski definition) is 2. The number of nitrogens with one attached hydrogen (secondary N) is 2. The lowest BCUT2D eigenvalue weighted by atomic mass is 9.92. The molecular weight excluding hydrogens is 396 g/mol. The van der Waals surface area contributed by atoms with Gasteiger partial charge in [-0.25, -0.2) is 9.59 Å². The van der Waals surface area contributed by atoms with E-state index in [1.54, 1.807) is 38.3 Å². The molecule has 1 aliphatic rings. The predicted octanol–water partition coefficient (Wildman–Crippen LogP) is 4.06. The van der Waals surface area contributed by atoms with Crippen molar-refractivity contribution in [1.29, 1.82) is 0 Å². The van der Waals surface area contributed by atoms with Crippen molar-refractivity contribution in [1.82, 2.24) is 10.6 Å². The van der Waals surface area contributed by atoms with Gasteiger partial charge < -0.3 is 24.8 Å². The van der Waals surface area contributed by atoms with Crippen LogP contribution in [0.4, 0.5) is 4.79 Å². The molecule has 7 nitrogen and oxygen atoms in total. The van der Waals surface area contributed by atoms with Crippen molar-refractivity contribution in [2.45, 2.75) is 26.8 Å². The summed E-state index contributed by atoms with van der Waals surface area (Å²) in [7, 11) is 1.58. The first kappa shape index (κ1) is 22.2. The lowest BCUT2D eigenvalue weighted by Crippen LogP contribution is -2.45. The number of carbonyl (C=O) groups excluding carboxylic acids is 2. The minimum absolute atomic E-state index is 0.219. The van der Waals surface area contributed by atoms with Gasteiger partial charge in [-0.1, -0.05) is 26.0 Å². The molecule has 0 radical (unpaired) electrons. The number of urea groups is 1. The van der Waals surface area contributed by atoms with E-state index in [0.717, 1.165) is 5.56 Å². The maximum absolute atomic E-state index is 13.0. The summed E-state index contributed by atoms with van der Waals surface area (Å²) in [4.78, 5) is 25.5. The maximum Gasteiger partial charge on any atom is 0.338 e. The Labute approximate surface area is 182 Å². The van der Waals surface area contributed by atoms with E-state index in [-0.39, 0.29) is 6.61 Å². The molecule has 1 heterocycles. The number of esters is 1. The van der Waals surface area contributed by atoms with E-state index in [0.29, 0.717) is 40.9 Å². The second-order valence-electron chi connectivity index (χ2n) is 7.55. The molecule has 1 unspecified atom stereocenters. The average Bonchev–Trinajstić information content (AvgIpc) is 2.77. The summed E-state index contributed by atoms with van der Waals surface area (Å²) in [5.41, 5.74) is 2.14. The molecule has 3 rings (SSSR count). The highest BCUT2D eigenvalue weighted by molar-refractivity contribution is 6.04. The van der Waals surface area contributed by atoms with Gasteiger partial charge in [0.1, 0.15) is 11.5 Å². The number of rotatable bonds is 8. The van der Waals surface area contributed by atoms with Gasteiger partial charge in [0, 0.05) is 0 Å². The van der Waals surface area contributed by atoms with Crippen molar-refractivity contribution in [3.8, 4) is 11.5 Å². The van der Waals surface area contributed by atoms with Crippen molar-refractivity contribution < 1.29 is 23.8 Å². The van der Waals surface area contributed by atoms with E-state index in [1.165, 1.54) is 0 Å². The molecule has 2 N–H and O–H groups in total. The van der Waals surface area contributed by atoms with Crippen LogP contribution in [0.25, 0.3) is 5.70 Å². The van der Waals surface area contributed by atoms with Crippen molar-refractivity contribution >= 4 is 17.7 Å². The Balaban J connectivity index is 2.07. The van der Waals surface area contributed by atoms with E-state index in [2.05, 4.69) is 24.5 Å². The lowest BCUT2D eigenvalue weighted by molar-refractivity contribution is -0.138. The fourth-order valence-corrected chi connectivity index (χ4v) is 3.28. The van der Waals surface area contributed by atoms with Crippen LogP contribution < -0.4 is 20.1 Å². The second-order valence-corrected chi connectivity index (χ2v) is 7.55. The number of benzene rings is 2. The Morgan fingerprint density at radius 2 is 1.84 bits per heavy atom. The first-order valence-electron chi connectivity index (χ1n) is 10.3. The number of amides is 2. The molecule has 1 aliphatic heterocycles. The van der Waals surface area contributed by atoms with Crippen LogP contribution in [-0.4, -0.2) is 32.3 Å². The highest BCUT2D eigenvalue weighted by Gasteiger charge is 2.34. The van der Waals surface area contributed by atoms with Crippen molar-refractivity contribution in [3.63, 3.8) is 0 Å². The van der Waals surface area contributed by atoms with Crippen molar-refractivity contribution in [2.24, 2.45) is 5.92 Å². The van der Waals surface area contributed by atoms with Gasteiger partial charge in [0.25, 0.3) is 0 Å². The minimum atomic E-state index is -0.687. The Morgan fingerprint density at radius 1 is 1.10 bits per heavy atom. The van der Waals surface area contributed by atoms with Crippen LogP contribution in [0.2, 0.25) is 0 Å². The van der Waals surface area contributed by atoms with E-state index < -0.39 is 18.0 Å². The Bertz CT molecular complexity index is 966. The molecular formula is C24H28N2O5. The standard InChI is InChI=1S/C24H28N2O5/c1-5-30-23(27)20-21(16-9-11-18(29-4)12-10-16)25-24(28)26-22(20)17-7-6-8-19(13-17)31-14-15(2)3/h6-13,15,22H,5,14H2,1-4H3,(H2,25,26,28). The highest BCUT2D eigenvalue weighted by atomic mass is 16.5. The van der Waals surface area contributed by atoms with Crippen molar-refractivity contribution in [2.75, 3.05) is 20.3 Å². The molecule has 7 heteroatoms. The number of ether oxygens (including phenoxy) is 3. The molecule has 31 heavy (non-hydrogen) atoms. The third kappa shape index (κ3) is 5.36. The molecule has 164 valence electrons. The Kier molecular flexibility index (Phi) is 7.18. The summed E-state index contributed by atoms with van der Waals surface area (Å²) >= 11 is 0. The van der Waals surface area contributed by atoms with Crippen LogP contribution in [-0.2, 0) is 9.53 Å².